The molecule has 2 nitrogen and oxygen atoms in total. The lowest BCUT2D eigenvalue weighted by atomic mass is 10.0. The molecule has 1 aromatic carbocycles. The minimum absolute atomic E-state index is 0.463. The molecule has 18 heavy (non-hydrogen) atoms. The van der Waals surface area contributed by atoms with Gasteiger partial charge in [0.05, 0.1) is 0 Å². The Hall–Kier alpha value is -0.860. The van der Waals surface area contributed by atoms with Crippen molar-refractivity contribution in [1.29, 1.82) is 0 Å². The largest absolute Gasteiger partial charge is 0.329 e. The number of nitrogens with two attached hydrogens (primary N) is 1. The van der Waals surface area contributed by atoms with Crippen molar-refractivity contribution in [2.45, 2.75) is 39.7 Å². The van der Waals surface area contributed by atoms with Gasteiger partial charge in [0.25, 0.3) is 0 Å². The predicted octanol–water partition coefficient (Wildman–Crippen LogP) is 2.71. The monoisotopic (exact) mass is 248 g/mol. The number of likely N-dealkylation sites (N-methyl/N-ethyl adjacent to an activating group) is 1. The molecule has 2 N–H and O–H groups in total. The van der Waals surface area contributed by atoms with Crippen molar-refractivity contribution >= 4 is 0 Å². The summed E-state index contributed by atoms with van der Waals surface area (Å²) in [6.07, 6.45) is 2.27. The third-order valence-electron chi connectivity index (χ3n) is 3.51. The number of rotatable bonds is 7. The van der Waals surface area contributed by atoms with Crippen LogP contribution in [0.25, 0.3) is 0 Å². The summed E-state index contributed by atoms with van der Waals surface area (Å²) in [5.41, 5.74) is 8.52. The van der Waals surface area contributed by atoms with Gasteiger partial charge >= 0.3 is 0 Å². The van der Waals surface area contributed by atoms with E-state index in [2.05, 4.69) is 57.0 Å². The van der Waals surface area contributed by atoms with Crippen LogP contribution in [-0.2, 0) is 12.8 Å². The van der Waals surface area contributed by atoms with Gasteiger partial charge in [-0.25, -0.2) is 0 Å². The predicted molar refractivity (Wildman–Crippen MR) is 79.8 cm³/mol. The van der Waals surface area contributed by atoms with Crippen LogP contribution in [0.2, 0.25) is 0 Å². The molecule has 0 fully saturated rings. The zero-order chi connectivity index (χ0) is 13.5. The van der Waals surface area contributed by atoms with Gasteiger partial charge in [-0.05, 0) is 43.9 Å². The summed E-state index contributed by atoms with van der Waals surface area (Å²) >= 11 is 0. The molecule has 0 heterocycles. The first-order valence-corrected chi connectivity index (χ1v) is 7.01. The van der Waals surface area contributed by atoms with Gasteiger partial charge in [-0.1, -0.05) is 38.1 Å². The van der Waals surface area contributed by atoms with Crippen molar-refractivity contribution in [2.24, 2.45) is 11.7 Å². The van der Waals surface area contributed by atoms with Gasteiger partial charge in [-0.3, -0.25) is 0 Å². The Balaban J connectivity index is 2.44. The fourth-order valence-electron chi connectivity index (χ4n) is 2.02. The highest BCUT2D eigenvalue weighted by Crippen LogP contribution is 2.10. The second-order valence-corrected chi connectivity index (χ2v) is 5.73. The quantitative estimate of drug-likeness (QED) is 0.804. The molecule has 0 aliphatic rings. The van der Waals surface area contributed by atoms with E-state index in [1.54, 1.807) is 0 Å². The third-order valence-corrected chi connectivity index (χ3v) is 3.51. The Kier molecular flexibility index (Phi) is 6.37. The summed E-state index contributed by atoms with van der Waals surface area (Å²) in [6, 6.07) is 9.52. The molecule has 1 rings (SSSR count). The Labute approximate surface area is 112 Å². The summed E-state index contributed by atoms with van der Waals surface area (Å²) in [6.45, 7) is 8.49. The first kappa shape index (κ1) is 15.2. The van der Waals surface area contributed by atoms with Crippen molar-refractivity contribution in [2.75, 3.05) is 20.1 Å². The zero-order valence-electron chi connectivity index (χ0n) is 12.3. The van der Waals surface area contributed by atoms with Gasteiger partial charge in [-0.2, -0.15) is 0 Å². The fourth-order valence-corrected chi connectivity index (χ4v) is 2.02. The van der Waals surface area contributed by atoms with Crippen molar-refractivity contribution in [3.8, 4) is 0 Å². The van der Waals surface area contributed by atoms with Crippen molar-refractivity contribution in [3.05, 3.63) is 35.4 Å². The average molecular weight is 248 g/mol. The van der Waals surface area contributed by atoms with E-state index in [9.17, 15) is 0 Å². The van der Waals surface area contributed by atoms with Crippen LogP contribution in [0, 0.1) is 5.92 Å². The van der Waals surface area contributed by atoms with Crippen LogP contribution in [-0.4, -0.2) is 31.1 Å². The van der Waals surface area contributed by atoms with E-state index >= 15 is 0 Å². The second kappa shape index (κ2) is 7.55. The molecular weight excluding hydrogens is 220 g/mol. The highest BCUT2D eigenvalue weighted by molar-refractivity contribution is 5.23. The molecule has 0 amide bonds. The molecule has 0 radical (unpaired) electrons. The summed E-state index contributed by atoms with van der Waals surface area (Å²) in [5.74, 6) is 0.729. The third kappa shape index (κ3) is 5.19. The molecule has 0 aliphatic carbocycles. The summed E-state index contributed by atoms with van der Waals surface area (Å²) in [4.78, 5) is 2.32. The molecular formula is C16H28N2. The number of hydrogen-bond donors (Lipinski definition) is 1. The molecule has 1 atom stereocenters. The van der Waals surface area contributed by atoms with Gasteiger partial charge in [0.15, 0.2) is 0 Å². The Morgan fingerprint density at radius 2 is 1.61 bits per heavy atom. The van der Waals surface area contributed by atoms with Crippen molar-refractivity contribution in [3.63, 3.8) is 0 Å². The number of nitrogens with zero attached hydrogens (tertiary/aromatic N) is 1. The van der Waals surface area contributed by atoms with Gasteiger partial charge in [0.1, 0.15) is 0 Å². The van der Waals surface area contributed by atoms with Crippen molar-refractivity contribution < 1.29 is 0 Å². The van der Waals surface area contributed by atoms with Crippen LogP contribution in [0.3, 0.4) is 0 Å². The standard InChI is InChI=1S/C16H28N2/c1-13(2)11-16-7-5-15(6-8-16)9-10-18(4)14(3)12-17/h5-8,13-14H,9-12,17H2,1-4H3. The zero-order valence-corrected chi connectivity index (χ0v) is 12.3. The highest BCUT2D eigenvalue weighted by atomic mass is 15.1. The minimum atomic E-state index is 0.463. The van der Waals surface area contributed by atoms with Crippen LogP contribution in [0.1, 0.15) is 31.9 Å². The molecule has 0 spiro atoms. The van der Waals surface area contributed by atoms with E-state index in [0.29, 0.717) is 6.04 Å². The summed E-state index contributed by atoms with van der Waals surface area (Å²) < 4.78 is 0. The number of hydrogen-bond acceptors (Lipinski definition) is 2. The van der Waals surface area contributed by atoms with E-state index < -0.39 is 0 Å². The molecule has 102 valence electrons. The fraction of sp³-hybridized carbons (Fsp3) is 0.625. The first-order valence-electron chi connectivity index (χ1n) is 7.01. The van der Waals surface area contributed by atoms with Gasteiger partial charge in [-0.15, -0.1) is 0 Å². The highest BCUT2D eigenvalue weighted by Gasteiger charge is 2.06. The van der Waals surface area contributed by atoms with Crippen LogP contribution in [0.15, 0.2) is 24.3 Å². The molecule has 2 heteroatoms. The first-order chi connectivity index (χ1) is 8.52. The molecule has 0 saturated carbocycles. The minimum Gasteiger partial charge on any atom is -0.329 e. The lowest BCUT2D eigenvalue weighted by Gasteiger charge is -2.23. The maximum absolute atomic E-state index is 5.67. The second-order valence-electron chi connectivity index (χ2n) is 5.73. The van der Waals surface area contributed by atoms with Gasteiger partial charge in [0, 0.05) is 19.1 Å². The SMILES string of the molecule is CC(C)Cc1ccc(CCN(C)C(C)CN)cc1. The van der Waals surface area contributed by atoms with Gasteiger partial charge in [0.2, 0.25) is 0 Å². The van der Waals surface area contributed by atoms with Crippen LogP contribution in [0.5, 0.6) is 0 Å². The van der Waals surface area contributed by atoms with E-state index in [-0.39, 0.29) is 0 Å². The molecule has 1 aromatic rings. The summed E-state index contributed by atoms with van der Waals surface area (Å²) in [5, 5.41) is 0. The van der Waals surface area contributed by atoms with Crippen LogP contribution in [0.4, 0.5) is 0 Å². The van der Waals surface area contributed by atoms with E-state index in [1.165, 1.54) is 17.5 Å². The van der Waals surface area contributed by atoms with Gasteiger partial charge < -0.3 is 10.6 Å². The normalized spacial score (nSPS) is 13.3. The lowest BCUT2D eigenvalue weighted by molar-refractivity contribution is 0.266. The van der Waals surface area contributed by atoms with E-state index in [1.807, 2.05) is 0 Å². The molecule has 0 bridgehead atoms. The topological polar surface area (TPSA) is 29.3 Å². The smallest absolute Gasteiger partial charge is 0.0187 e. The maximum atomic E-state index is 5.67. The Morgan fingerprint density at radius 1 is 1.06 bits per heavy atom. The molecule has 0 aromatic heterocycles. The van der Waals surface area contributed by atoms with Crippen LogP contribution >= 0.6 is 0 Å². The Morgan fingerprint density at radius 3 is 2.11 bits per heavy atom. The molecule has 0 saturated heterocycles. The van der Waals surface area contributed by atoms with Crippen molar-refractivity contribution in [1.82, 2.24) is 4.90 Å². The average Bonchev–Trinajstić information content (AvgIpc) is 2.36. The molecule has 1 unspecified atom stereocenters. The Bertz CT molecular complexity index is 329. The van der Waals surface area contributed by atoms with E-state index in [0.717, 1.165) is 25.4 Å². The number of benzene rings is 1. The van der Waals surface area contributed by atoms with Crippen LogP contribution < -0.4 is 5.73 Å². The van der Waals surface area contributed by atoms with E-state index in [4.69, 9.17) is 5.73 Å². The molecule has 0 aliphatic heterocycles. The summed E-state index contributed by atoms with van der Waals surface area (Å²) in [7, 11) is 2.14. The lowest BCUT2D eigenvalue weighted by Crippen LogP contribution is -2.36. The maximum Gasteiger partial charge on any atom is 0.0187 e.